The van der Waals surface area contributed by atoms with Gasteiger partial charge in [-0.25, -0.2) is 5.43 Å². The van der Waals surface area contributed by atoms with Crippen LogP contribution in [0.2, 0.25) is 5.02 Å². The minimum absolute atomic E-state index is 0.265. The first-order chi connectivity index (χ1) is 14.5. The van der Waals surface area contributed by atoms with Crippen molar-refractivity contribution in [3.63, 3.8) is 0 Å². The summed E-state index contributed by atoms with van der Waals surface area (Å²) < 4.78 is 11.6. The number of halogens is 1. The monoisotopic (exact) mass is 422 g/mol. The Morgan fingerprint density at radius 2 is 1.73 bits per heavy atom. The fourth-order valence-electron chi connectivity index (χ4n) is 2.67. The van der Waals surface area contributed by atoms with Crippen molar-refractivity contribution in [2.24, 2.45) is 5.10 Å². The van der Waals surface area contributed by atoms with Crippen molar-refractivity contribution >= 4 is 23.7 Å². The molecule has 0 spiro atoms. The molecule has 0 heterocycles. The summed E-state index contributed by atoms with van der Waals surface area (Å²) in [4.78, 5) is 12.1. The fourth-order valence-corrected chi connectivity index (χ4v) is 2.80. The second-order valence-corrected chi connectivity index (χ2v) is 7.06. The van der Waals surface area contributed by atoms with Gasteiger partial charge in [0, 0.05) is 10.6 Å². The lowest BCUT2D eigenvalue weighted by atomic mass is 10.1. The van der Waals surface area contributed by atoms with Crippen LogP contribution in [0.15, 0.2) is 71.8 Å². The Labute approximate surface area is 181 Å². The molecule has 154 valence electrons. The standard InChI is InChI=1S/C24H23ClN2O3/c1-3-29-23-14-19(15-26-27-24(28)20-9-4-17(2)5-10-20)8-13-22(23)30-16-18-6-11-21(25)12-7-18/h4-15H,3,16H2,1-2H3,(H,27,28). The first-order valence-electron chi connectivity index (χ1n) is 9.59. The van der Waals surface area contributed by atoms with E-state index in [9.17, 15) is 4.79 Å². The Hall–Kier alpha value is -3.31. The number of benzene rings is 3. The molecule has 0 aromatic heterocycles. The molecule has 3 aromatic rings. The largest absolute Gasteiger partial charge is 0.490 e. The third-order valence-electron chi connectivity index (χ3n) is 4.27. The van der Waals surface area contributed by atoms with Crippen LogP contribution >= 0.6 is 11.6 Å². The number of carbonyl (C=O) groups is 1. The van der Waals surface area contributed by atoms with Gasteiger partial charge >= 0.3 is 0 Å². The summed E-state index contributed by atoms with van der Waals surface area (Å²) in [7, 11) is 0. The Balaban J connectivity index is 1.64. The van der Waals surface area contributed by atoms with Gasteiger partial charge in [-0.2, -0.15) is 5.10 Å². The number of aryl methyl sites for hydroxylation is 1. The second-order valence-electron chi connectivity index (χ2n) is 6.62. The highest BCUT2D eigenvalue weighted by Crippen LogP contribution is 2.29. The SMILES string of the molecule is CCOc1cc(C=NNC(=O)c2ccc(C)cc2)ccc1OCc1ccc(Cl)cc1. The van der Waals surface area contributed by atoms with Gasteiger partial charge in [0.2, 0.25) is 0 Å². The Morgan fingerprint density at radius 1 is 1.00 bits per heavy atom. The molecular formula is C24H23ClN2O3. The molecule has 0 aliphatic carbocycles. The van der Waals surface area contributed by atoms with E-state index in [1.165, 1.54) is 0 Å². The van der Waals surface area contributed by atoms with E-state index < -0.39 is 0 Å². The van der Waals surface area contributed by atoms with Crippen molar-refractivity contribution in [2.75, 3.05) is 6.61 Å². The quantitative estimate of drug-likeness (QED) is 0.391. The fraction of sp³-hybridized carbons (Fsp3) is 0.167. The zero-order valence-corrected chi connectivity index (χ0v) is 17.6. The number of hydrogen-bond donors (Lipinski definition) is 1. The highest BCUT2D eigenvalue weighted by molar-refractivity contribution is 6.30. The van der Waals surface area contributed by atoms with Crippen LogP contribution < -0.4 is 14.9 Å². The molecule has 0 saturated heterocycles. The van der Waals surface area contributed by atoms with E-state index >= 15 is 0 Å². The smallest absolute Gasteiger partial charge is 0.271 e. The van der Waals surface area contributed by atoms with Crippen LogP contribution in [0.1, 0.15) is 34.0 Å². The maximum Gasteiger partial charge on any atom is 0.271 e. The van der Waals surface area contributed by atoms with E-state index in [1.54, 1.807) is 18.3 Å². The molecule has 0 bridgehead atoms. The van der Waals surface area contributed by atoms with Gasteiger partial charge in [-0.3, -0.25) is 4.79 Å². The molecule has 0 unspecified atom stereocenters. The third kappa shape index (κ3) is 6.09. The summed E-state index contributed by atoms with van der Waals surface area (Å²) in [6, 6.07) is 20.3. The summed E-state index contributed by atoms with van der Waals surface area (Å²) in [6.45, 7) is 4.78. The molecule has 0 saturated carbocycles. The molecule has 0 aliphatic rings. The maximum atomic E-state index is 12.1. The predicted octanol–water partition coefficient (Wildman–Crippen LogP) is 5.39. The van der Waals surface area contributed by atoms with Gasteiger partial charge < -0.3 is 9.47 Å². The van der Waals surface area contributed by atoms with Gasteiger partial charge in [0.1, 0.15) is 6.61 Å². The second kappa shape index (κ2) is 10.5. The van der Waals surface area contributed by atoms with Crippen LogP contribution in [0.3, 0.4) is 0 Å². The molecule has 30 heavy (non-hydrogen) atoms. The topological polar surface area (TPSA) is 59.9 Å². The lowest BCUT2D eigenvalue weighted by molar-refractivity contribution is 0.0955. The summed E-state index contributed by atoms with van der Waals surface area (Å²) >= 11 is 5.92. The van der Waals surface area contributed by atoms with Crippen LogP contribution in [-0.4, -0.2) is 18.7 Å². The zero-order valence-electron chi connectivity index (χ0n) is 16.9. The lowest BCUT2D eigenvalue weighted by Gasteiger charge is -2.12. The van der Waals surface area contributed by atoms with Crippen molar-refractivity contribution in [3.8, 4) is 11.5 Å². The number of rotatable bonds is 8. The van der Waals surface area contributed by atoms with E-state index in [4.69, 9.17) is 21.1 Å². The summed E-state index contributed by atoms with van der Waals surface area (Å²) in [5, 5.41) is 4.73. The highest BCUT2D eigenvalue weighted by atomic mass is 35.5. The molecule has 1 N–H and O–H groups in total. The average Bonchev–Trinajstić information content (AvgIpc) is 2.75. The van der Waals surface area contributed by atoms with Gasteiger partial charge in [0.05, 0.1) is 12.8 Å². The minimum Gasteiger partial charge on any atom is -0.490 e. The van der Waals surface area contributed by atoms with Crippen molar-refractivity contribution in [1.29, 1.82) is 0 Å². The summed E-state index contributed by atoms with van der Waals surface area (Å²) in [5.74, 6) is 0.979. The number of ether oxygens (including phenoxy) is 2. The summed E-state index contributed by atoms with van der Waals surface area (Å²) in [5.41, 5.74) is 5.97. The number of hydrazone groups is 1. The number of carbonyl (C=O) groups excluding carboxylic acids is 1. The van der Waals surface area contributed by atoms with Crippen LogP contribution in [-0.2, 0) is 6.61 Å². The third-order valence-corrected chi connectivity index (χ3v) is 4.52. The molecule has 1 amide bonds. The van der Waals surface area contributed by atoms with Crippen LogP contribution in [0.5, 0.6) is 11.5 Å². The Morgan fingerprint density at radius 3 is 2.43 bits per heavy atom. The number of nitrogens with one attached hydrogen (secondary N) is 1. The predicted molar refractivity (Wildman–Crippen MR) is 120 cm³/mol. The van der Waals surface area contributed by atoms with E-state index in [0.29, 0.717) is 35.3 Å². The van der Waals surface area contributed by atoms with Crippen molar-refractivity contribution in [3.05, 3.63) is 94.0 Å². The number of amides is 1. The van der Waals surface area contributed by atoms with E-state index in [-0.39, 0.29) is 5.91 Å². The van der Waals surface area contributed by atoms with Gasteiger partial charge in [0.25, 0.3) is 5.91 Å². The molecule has 3 aromatic carbocycles. The zero-order chi connectivity index (χ0) is 21.3. The first-order valence-corrected chi connectivity index (χ1v) is 9.97. The molecule has 5 nitrogen and oxygen atoms in total. The highest BCUT2D eigenvalue weighted by Gasteiger charge is 2.07. The molecule has 0 atom stereocenters. The van der Waals surface area contributed by atoms with Crippen LogP contribution in [0, 0.1) is 6.92 Å². The maximum absolute atomic E-state index is 12.1. The normalized spacial score (nSPS) is 10.8. The van der Waals surface area contributed by atoms with Crippen LogP contribution in [0.4, 0.5) is 0 Å². The van der Waals surface area contributed by atoms with Crippen LogP contribution in [0.25, 0.3) is 0 Å². The average molecular weight is 423 g/mol. The minimum atomic E-state index is -0.265. The van der Waals surface area contributed by atoms with Crippen molar-refractivity contribution < 1.29 is 14.3 Å². The van der Waals surface area contributed by atoms with Gasteiger partial charge in [-0.1, -0.05) is 41.4 Å². The van der Waals surface area contributed by atoms with Gasteiger partial charge in [0.15, 0.2) is 11.5 Å². The molecule has 0 aliphatic heterocycles. The van der Waals surface area contributed by atoms with E-state index in [2.05, 4.69) is 10.5 Å². The van der Waals surface area contributed by atoms with Crippen molar-refractivity contribution in [2.45, 2.75) is 20.5 Å². The van der Waals surface area contributed by atoms with E-state index in [1.807, 2.05) is 68.4 Å². The molecule has 3 rings (SSSR count). The Bertz CT molecular complexity index is 1020. The number of hydrogen-bond acceptors (Lipinski definition) is 4. The summed E-state index contributed by atoms with van der Waals surface area (Å²) in [6.07, 6.45) is 1.57. The van der Waals surface area contributed by atoms with E-state index in [0.717, 1.165) is 16.7 Å². The molecule has 0 radical (unpaired) electrons. The first kappa shape index (κ1) is 21.4. The lowest BCUT2D eigenvalue weighted by Crippen LogP contribution is -2.17. The molecule has 6 heteroatoms. The number of nitrogens with zero attached hydrogens (tertiary/aromatic N) is 1. The van der Waals surface area contributed by atoms with Gasteiger partial charge in [-0.05, 0) is 67.4 Å². The Kier molecular flexibility index (Phi) is 7.46. The van der Waals surface area contributed by atoms with Gasteiger partial charge in [-0.15, -0.1) is 0 Å². The van der Waals surface area contributed by atoms with Crippen molar-refractivity contribution in [1.82, 2.24) is 5.43 Å². The molecule has 0 fully saturated rings. The molecular weight excluding hydrogens is 400 g/mol.